The topological polar surface area (TPSA) is 56.7 Å². The fourth-order valence-corrected chi connectivity index (χ4v) is 2.33. The second kappa shape index (κ2) is 4.81. The standard InChI is InChI=1S/C16H16N4/c1-11-5-3-6-12(9-11)14-15(19-20(2)16(14)17)13-7-4-8-18-10-13/h3-10H,17H2,1-2H3. The maximum atomic E-state index is 6.20. The Morgan fingerprint density at radius 2 is 1.90 bits per heavy atom. The molecule has 0 saturated carbocycles. The van der Waals surface area contributed by atoms with Crippen LogP contribution in [0.15, 0.2) is 48.8 Å². The van der Waals surface area contributed by atoms with Crippen molar-refractivity contribution in [3.05, 3.63) is 54.4 Å². The second-order valence-corrected chi connectivity index (χ2v) is 4.84. The van der Waals surface area contributed by atoms with E-state index in [9.17, 15) is 0 Å². The van der Waals surface area contributed by atoms with Crippen LogP contribution in [-0.2, 0) is 7.05 Å². The van der Waals surface area contributed by atoms with E-state index in [1.165, 1.54) is 5.56 Å². The molecule has 20 heavy (non-hydrogen) atoms. The molecule has 0 fully saturated rings. The molecule has 1 aromatic carbocycles. The van der Waals surface area contributed by atoms with Gasteiger partial charge in [-0.05, 0) is 24.6 Å². The lowest BCUT2D eigenvalue weighted by Crippen LogP contribution is -1.98. The average Bonchev–Trinajstić information content (AvgIpc) is 2.76. The van der Waals surface area contributed by atoms with Crippen LogP contribution in [0.4, 0.5) is 5.82 Å². The molecule has 2 aromatic heterocycles. The fourth-order valence-electron chi connectivity index (χ4n) is 2.33. The lowest BCUT2D eigenvalue weighted by Gasteiger charge is -2.05. The molecule has 100 valence electrons. The van der Waals surface area contributed by atoms with Gasteiger partial charge in [-0.3, -0.25) is 9.67 Å². The summed E-state index contributed by atoms with van der Waals surface area (Å²) in [5.74, 6) is 0.662. The summed E-state index contributed by atoms with van der Waals surface area (Å²) in [6, 6.07) is 12.2. The summed E-state index contributed by atoms with van der Waals surface area (Å²) in [5.41, 5.74) is 11.3. The van der Waals surface area contributed by atoms with Gasteiger partial charge in [0.1, 0.15) is 11.5 Å². The molecule has 0 aliphatic heterocycles. The van der Waals surface area contributed by atoms with Gasteiger partial charge in [0.05, 0.1) is 5.56 Å². The van der Waals surface area contributed by atoms with Crippen molar-refractivity contribution in [2.45, 2.75) is 6.92 Å². The molecule has 0 unspecified atom stereocenters. The molecule has 0 aliphatic rings. The zero-order chi connectivity index (χ0) is 14.1. The van der Waals surface area contributed by atoms with Crippen LogP contribution in [0.5, 0.6) is 0 Å². The monoisotopic (exact) mass is 264 g/mol. The Balaban J connectivity index is 2.25. The van der Waals surface area contributed by atoms with Crippen molar-refractivity contribution in [2.75, 3.05) is 5.73 Å². The van der Waals surface area contributed by atoms with Crippen molar-refractivity contribution >= 4 is 5.82 Å². The van der Waals surface area contributed by atoms with E-state index in [0.717, 1.165) is 22.4 Å². The number of rotatable bonds is 2. The van der Waals surface area contributed by atoms with E-state index in [0.29, 0.717) is 5.82 Å². The number of nitrogens with two attached hydrogens (primary N) is 1. The molecule has 0 radical (unpaired) electrons. The van der Waals surface area contributed by atoms with E-state index in [1.54, 1.807) is 17.1 Å². The minimum atomic E-state index is 0.662. The van der Waals surface area contributed by atoms with Crippen LogP contribution in [0.25, 0.3) is 22.4 Å². The zero-order valence-electron chi connectivity index (χ0n) is 11.5. The molecule has 0 spiro atoms. The normalized spacial score (nSPS) is 10.7. The van der Waals surface area contributed by atoms with Gasteiger partial charge in [0.2, 0.25) is 0 Å². The summed E-state index contributed by atoms with van der Waals surface area (Å²) in [6.45, 7) is 2.07. The first-order valence-electron chi connectivity index (χ1n) is 6.46. The number of aryl methyl sites for hydroxylation is 2. The molecular formula is C16H16N4. The molecule has 4 nitrogen and oxygen atoms in total. The third kappa shape index (κ3) is 2.05. The number of nitrogen functional groups attached to an aromatic ring is 1. The Bertz CT molecular complexity index is 744. The Morgan fingerprint density at radius 3 is 2.60 bits per heavy atom. The van der Waals surface area contributed by atoms with Gasteiger partial charge in [-0.15, -0.1) is 0 Å². The Kier molecular flexibility index (Phi) is 2.99. The van der Waals surface area contributed by atoms with E-state index in [2.05, 4.69) is 35.2 Å². The number of aromatic nitrogens is 3. The SMILES string of the molecule is Cc1cccc(-c2c(-c3cccnc3)nn(C)c2N)c1. The van der Waals surface area contributed by atoms with E-state index in [-0.39, 0.29) is 0 Å². The van der Waals surface area contributed by atoms with Gasteiger partial charge in [0.15, 0.2) is 0 Å². The lowest BCUT2D eigenvalue weighted by atomic mass is 10.0. The summed E-state index contributed by atoms with van der Waals surface area (Å²) < 4.78 is 1.71. The van der Waals surface area contributed by atoms with E-state index < -0.39 is 0 Å². The van der Waals surface area contributed by atoms with Crippen LogP contribution >= 0.6 is 0 Å². The molecule has 3 aromatic rings. The molecule has 2 N–H and O–H groups in total. The molecule has 3 rings (SSSR count). The maximum Gasteiger partial charge on any atom is 0.129 e. The van der Waals surface area contributed by atoms with Crippen molar-refractivity contribution in [3.63, 3.8) is 0 Å². The van der Waals surface area contributed by atoms with Crippen molar-refractivity contribution in [2.24, 2.45) is 7.05 Å². The van der Waals surface area contributed by atoms with Crippen molar-refractivity contribution < 1.29 is 0 Å². The number of nitrogens with zero attached hydrogens (tertiary/aromatic N) is 3. The summed E-state index contributed by atoms with van der Waals surface area (Å²) in [4.78, 5) is 4.16. The Hall–Kier alpha value is -2.62. The highest BCUT2D eigenvalue weighted by Crippen LogP contribution is 2.35. The molecular weight excluding hydrogens is 248 g/mol. The van der Waals surface area contributed by atoms with Gasteiger partial charge in [0, 0.05) is 25.0 Å². The minimum Gasteiger partial charge on any atom is -0.383 e. The smallest absolute Gasteiger partial charge is 0.129 e. The number of hydrogen-bond acceptors (Lipinski definition) is 3. The Morgan fingerprint density at radius 1 is 1.10 bits per heavy atom. The summed E-state index contributed by atoms with van der Waals surface area (Å²) >= 11 is 0. The van der Waals surface area contributed by atoms with Crippen molar-refractivity contribution in [3.8, 4) is 22.4 Å². The highest BCUT2D eigenvalue weighted by Gasteiger charge is 2.17. The molecule has 0 saturated heterocycles. The highest BCUT2D eigenvalue weighted by molar-refractivity contribution is 5.88. The van der Waals surface area contributed by atoms with Crippen LogP contribution in [0, 0.1) is 6.92 Å². The van der Waals surface area contributed by atoms with Crippen molar-refractivity contribution in [1.29, 1.82) is 0 Å². The van der Waals surface area contributed by atoms with Crippen LogP contribution < -0.4 is 5.73 Å². The maximum absolute atomic E-state index is 6.20. The van der Waals surface area contributed by atoms with E-state index in [4.69, 9.17) is 5.73 Å². The predicted octanol–water partition coefficient (Wildman–Crippen LogP) is 3.04. The fraction of sp³-hybridized carbons (Fsp3) is 0.125. The van der Waals surface area contributed by atoms with Crippen LogP contribution in [-0.4, -0.2) is 14.8 Å². The van der Waals surface area contributed by atoms with Gasteiger partial charge >= 0.3 is 0 Å². The predicted molar refractivity (Wildman–Crippen MR) is 81.0 cm³/mol. The first kappa shape index (κ1) is 12.4. The van der Waals surface area contributed by atoms with Gasteiger partial charge in [-0.1, -0.05) is 29.8 Å². The number of pyridine rings is 1. The van der Waals surface area contributed by atoms with Crippen LogP contribution in [0.2, 0.25) is 0 Å². The van der Waals surface area contributed by atoms with E-state index >= 15 is 0 Å². The van der Waals surface area contributed by atoms with Crippen LogP contribution in [0.3, 0.4) is 0 Å². The van der Waals surface area contributed by atoms with Crippen LogP contribution in [0.1, 0.15) is 5.56 Å². The molecule has 2 heterocycles. The third-order valence-electron chi connectivity index (χ3n) is 3.33. The molecule has 4 heteroatoms. The van der Waals surface area contributed by atoms with Gasteiger partial charge in [0.25, 0.3) is 0 Å². The third-order valence-corrected chi connectivity index (χ3v) is 3.33. The number of hydrogen-bond donors (Lipinski definition) is 1. The first-order valence-corrected chi connectivity index (χ1v) is 6.46. The highest BCUT2D eigenvalue weighted by atomic mass is 15.3. The quantitative estimate of drug-likeness (QED) is 0.774. The van der Waals surface area contributed by atoms with Gasteiger partial charge in [-0.25, -0.2) is 0 Å². The number of benzene rings is 1. The Labute approximate surface area is 117 Å². The molecule has 0 amide bonds. The lowest BCUT2D eigenvalue weighted by molar-refractivity contribution is 0.782. The molecule has 0 atom stereocenters. The minimum absolute atomic E-state index is 0.662. The zero-order valence-corrected chi connectivity index (χ0v) is 11.5. The molecule has 0 aliphatic carbocycles. The average molecular weight is 264 g/mol. The summed E-state index contributed by atoms with van der Waals surface area (Å²) in [5, 5.41) is 4.54. The summed E-state index contributed by atoms with van der Waals surface area (Å²) in [7, 11) is 1.86. The summed E-state index contributed by atoms with van der Waals surface area (Å²) in [6.07, 6.45) is 3.56. The number of anilines is 1. The first-order chi connectivity index (χ1) is 9.66. The second-order valence-electron chi connectivity index (χ2n) is 4.84. The largest absolute Gasteiger partial charge is 0.383 e. The van der Waals surface area contributed by atoms with Gasteiger partial charge < -0.3 is 5.73 Å². The molecule has 0 bridgehead atoms. The van der Waals surface area contributed by atoms with E-state index in [1.807, 2.05) is 25.2 Å². The van der Waals surface area contributed by atoms with Gasteiger partial charge in [-0.2, -0.15) is 5.10 Å². The van der Waals surface area contributed by atoms with Crippen molar-refractivity contribution in [1.82, 2.24) is 14.8 Å².